The third kappa shape index (κ3) is 4.24. The Bertz CT molecular complexity index is 890. The molecule has 0 saturated carbocycles. The van der Waals surface area contributed by atoms with E-state index in [1.807, 2.05) is 54.2 Å². The number of rotatable bonds is 6. The highest BCUT2D eigenvalue weighted by Gasteiger charge is 2.21. The van der Waals surface area contributed by atoms with Gasteiger partial charge in [0, 0.05) is 24.5 Å². The van der Waals surface area contributed by atoms with Crippen molar-refractivity contribution in [1.29, 1.82) is 0 Å². The molecule has 1 amide bonds. The fourth-order valence-corrected chi connectivity index (χ4v) is 2.91. The second-order valence-electron chi connectivity index (χ2n) is 5.98. The summed E-state index contributed by atoms with van der Waals surface area (Å²) >= 11 is 5.99. The van der Waals surface area contributed by atoms with Crippen molar-refractivity contribution in [3.63, 3.8) is 0 Å². The first kappa shape index (κ1) is 18.0. The Morgan fingerprint density at radius 3 is 2.69 bits per heavy atom. The number of carbonyl (C=O) groups is 1. The molecule has 0 fully saturated rings. The van der Waals surface area contributed by atoms with Gasteiger partial charge in [0.1, 0.15) is 17.6 Å². The summed E-state index contributed by atoms with van der Waals surface area (Å²) in [5.74, 6) is 1.39. The molecule has 0 saturated heterocycles. The van der Waals surface area contributed by atoms with Gasteiger partial charge in [0.25, 0.3) is 0 Å². The van der Waals surface area contributed by atoms with Gasteiger partial charge in [-0.15, -0.1) is 0 Å². The Labute approximate surface area is 157 Å². The van der Waals surface area contributed by atoms with Crippen LogP contribution < -0.4 is 10.1 Å². The van der Waals surface area contributed by atoms with E-state index in [9.17, 15) is 4.79 Å². The second-order valence-corrected chi connectivity index (χ2v) is 6.41. The van der Waals surface area contributed by atoms with Gasteiger partial charge in [0.05, 0.1) is 13.5 Å². The zero-order chi connectivity index (χ0) is 18.5. The molecule has 1 aromatic heterocycles. The molecule has 0 aliphatic rings. The molecule has 2 aromatic carbocycles. The number of methoxy groups -OCH3 is 1. The second kappa shape index (κ2) is 8.06. The number of nitrogens with zero attached hydrogens (tertiary/aromatic N) is 2. The fourth-order valence-electron chi connectivity index (χ4n) is 2.79. The molecule has 1 N–H and O–H groups in total. The summed E-state index contributed by atoms with van der Waals surface area (Å²) in [5.41, 5.74) is 1.80. The van der Waals surface area contributed by atoms with Crippen LogP contribution in [-0.2, 0) is 18.3 Å². The van der Waals surface area contributed by atoms with Crippen LogP contribution in [0, 0.1) is 0 Å². The summed E-state index contributed by atoms with van der Waals surface area (Å²) in [4.78, 5) is 17.1. The van der Waals surface area contributed by atoms with E-state index >= 15 is 0 Å². The van der Waals surface area contributed by atoms with E-state index in [4.69, 9.17) is 16.3 Å². The van der Waals surface area contributed by atoms with Crippen molar-refractivity contribution in [3.05, 3.63) is 82.9 Å². The van der Waals surface area contributed by atoms with Crippen molar-refractivity contribution in [2.75, 3.05) is 7.11 Å². The summed E-state index contributed by atoms with van der Waals surface area (Å²) in [5, 5.41) is 3.72. The number of carbonyl (C=O) groups excluding carboxylic acids is 1. The number of aromatic nitrogens is 2. The average molecular weight is 370 g/mol. The Hall–Kier alpha value is -2.79. The molecular formula is C20H20ClN3O2. The van der Waals surface area contributed by atoms with E-state index in [1.165, 1.54) is 0 Å². The summed E-state index contributed by atoms with van der Waals surface area (Å²) in [6.45, 7) is 0. The number of benzene rings is 2. The molecule has 1 atom stereocenters. The zero-order valence-electron chi connectivity index (χ0n) is 14.6. The highest BCUT2D eigenvalue weighted by molar-refractivity contribution is 6.30. The van der Waals surface area contributed by atoms with E-state index in [-0.39, 0.29) is 18.4 Å². The van der Waals surface area contributed by atoms with E-state index in [1.54, 1.807) is 25.4 Å². The lowest BCUT2D eigenvalue weighted by Crippen LogP contribution is -2.32. The van der Waals surface area contributed by atoms with Gasteiger partial charge >= 0.3 is 0 Å². The monoisotopic (exact) mass is 369 g/mol. The highest BCUT2D eigenvalue weighted by Crippen LogP contribution is 2.22. The number of hydrogen-bond donors (Lipinski definition) is 1. The van der Waals surface area contributed by atoms with Crippen molar-refractivity contribution in [1.82, 2.24) is 14.9 Å². The van der Waals surface area contributed by atoms with Crippen molar-refractivity contribution in [2.24, 2.45) is 7.05 Å². The van der Waals surface area contributed by atoms with Crippen LogP contribution in [-0.4, -0.2) is 22.6 Å². The predicted octanol–water partition coefficient (Wildman–Crippen LogP) is 3.53. The molecule has 0 aliphatic carbocycles. The average Bonchev–Trinajstić information content (AvgIpc) is 3.06. The molecule has 5 nitrogen and oxygen atoms in total. The molecule has 1 unspecified atom stereocenters. The molecule has 3 aromatic rings. The maximum absolute atomic E-state index is 12.7. The van der Waals surface area contributed by atoms with E-state index in [0.29, 0.717) is 5.02 Å². The number of imidazole rings is 1. The normalized spacial score (nSPS) is 11.8. The molecule has 1 heterocycles. The number of halogens is 1. The van der Waals surface area contributed by atoms with E-state index in [0.717, 1.165) is 22.7 Å². The number of nitrogens with one attached hydrogen (secondary N) is 1. The van der Waals surface area contributed by atoms with Gasteiger partial charge in [-0.05, 0) is 35.4 Å². The third-order valence-electron chi connectivity index (χ3n) is 4.12. The van der Waals surface area contributed by atoms with Crippen molar-refractivity contribution in [2.45, 2.75) is 12.5 Å². The van der Waals surface area contributed by atoms with Crippen molar-refractivity contribution >= 4 is 17.5 Å². The number of aryl methyl sites for hydroxylation is 1. The van der Waals surface area contributed by atoms with E-state index < -0.39 is 0 Å². The lowest BCUT2D eigenvalue weighted by molar-refractivity contribution is -0.121. The summed E-state index contributed by atoms with van der Waals surface area (Å²) in [6, 6.07) is 14.5. The van der Waals surface area contributed by atoms with Crippen LogP contribution >= 0.6 is 11.6 Å². The summed E-state index contributed by atoms with van der Waals surface area (Å²) in [6.07, 6.45) is 3.82. The number of hydrogen-bond acceptors (Lipinski definition) is 3. The van der Waals surface area contributed by atoms with Gasteiger partial charge in [-0.3, -0.25) is 4.79 Å². The minimum atomic E-state index is -0.356. The number of amides is 1. The third-order valence-corrected chi connectivity index (χ3v) is 4.38. The lowest BCUT2D eigenvalue weighted by atomic mass is 10.1. The van der Waals surface area contributed by atoms with Gasteiger partial charge < -0.3 is 14.6 Å². The Balaban J connectivity index is 1.82. The van der Waals surface area contributed by atoms with Crippen LogP contribution in [0.25, 0.3) is 0 Å². The van der Waals surface area contributed by atoms with Crippen molar-refractivity contribution in [3.8, 4) is 5.75 Å². The molecule has 26 heavy (non-hydrogen) atoms. The smallest absolute Gasteiger partial charge is 0.225 e. The Kier molecular flexibility index (Phi) is 5.58. The van der Waals surface area contributed by atoms with Crippen LogP contribution in [0.1, 0.15) is 23.0 Å². The minimum Gasteiger partial charge on any atom is -0.497 e. The summed E-state index contributed by atoms with van der Waals surface area (Å²) in [7, 11) is 3.51. The first-order chi connectivity index (χ1) is 12.6. The maximum atomic E-state index is 12.7. The van der Waals surface area contributed by atoms with Gasteiger partial charge in [-0.1, -0.05) is 35.9 Å². The maximum Gasteiger partial charge on any atom is 0.225 e. The molecular weight excluding hydrogens is 350 g/mol. The number of ether oxygens (including phenoxy) is 1. The molecule has 0 spiro atoms. The molecule has 134 valence electrons. The molecule has 6 heteroatoms. The van der Waals surface area contributed by atoms with Crippen LogP contribution in [0.15, 0.2) is 60.9 Å². The van der Waals surface area contributed by atoms with Gasteiger partial charge in [-0.2, -0.15) is 0 Å². The SMILES string of the molecule is COc1cccc(CC(=O)NC(c2ccc(Cl)cc2)c2nccn2C)c1. The van der Waals surface area contributed by atoms with Crippen LogP contribution in [0.5, 0.6) is 5.75 Å². The standard InChI is InChI=1S/C20H20ClN3O2/c1-24-11-10-22-20(24)19(15-6-8-16(21)9-7-15)23-18(25)13-14-4-3-5-17(12-14)26-2/h3-12,19H,13H2,1-2H3,(H,23,25). The first-order valence-electron chi connectivity index (χ1n) is 8.22. The van der Waals surface area contributed by atoms with Gasteiger partial charge in [-0.25, -0.2) is 4.98 Å². The van der Waals surface area contributed by atoms with Gasteiger partial charge in [0.2, 0.25) is 5.91 Å². The van der Waals surface area contributed by atoms with Crippen molar-refractivity contribution < 1.29 is 9.53 Å². The molecule has 0 radical (unpaired) electrons. The molecule has 3 rings (SSSR count). The fraction of sp³-hybridized carbons (Fsp3) is 0.200. The Morgan fingerprint density at radius 2 is 2.04 bits per heavy atom. The summed E-state index contributed by atoms with van der Waals surface area (Å²) < 4.78 is 7.11. The quantitative estimate of drug-likeness (QED) is 0.723. The van der Waals surface area contributed by atoms with E-state index in [2.05, 4.69) is 10.3 Å². The topological polar surface area (TPSA) is 56.1 Å². The lowest BCUT2D eigenvalue weighted by Gasteiger charge is -2.19. The zero-order valence-corrected chi connectivity index (χ0v) is 15.4. The minimum absolute atomic E-state index is 0.0961. The van der Waals surface area contributed by atoms with Crippen LogP contribution in [0.3, 0.4) is 0 Å². The predicted molar refractivity (Wildman–Crippen MR) is 101 cm³/mol. The molecule has 0 aliphatic heterocycles. The molecule has 0 bridgehead atoms. The van der Waals surface area contributed by atoms with Crippen LogP contribution in [0.4, 0.5) is 0 Å². The Morgan fingerprint density at radius 1 is 1.27 bits per heavy atom. The largest absolute Gasteiger partial charge is 0.497 e. The highest BCUT2D eigenvalue weighted by atomic mass is 35.5. The first-order valence-corrected chi connectivity index (χ1v) is 8.59. The van der Waals surface area contributed by atoms with Crippen LogP contribution in [0.2, 0.25) is 5.02 Å². The van der Waals surface area contributed by atoms with Gasteiger partial charge in [0.15, 0.2) is 0 Å².